The number of carbonyl (C=O) groups is 1. The zero-order valence-electron chi connectivity index (χ0n) is 19.1. The Morgan fingerprint density at radius 1 is 1.42 bits per heavy atom. The van der Waals surface area contributed by atoms with Crippen LogP contribution in [-0.4, -0.2) is 92.0 Å². The molecule has 178 valence electrons. The molecule has 9 nitrogen and oxygen atoms in total. The fourth-order valence-corrected chi connectivity index (χ4v) is 3.51. The molecule has 1 aromatic heterocycles. The smallest absolute Gasteiger partial charge is 0.409 e. The van der Waals surface area contributed by atoms with Gasteiger partial charge in [0.15, 0.2) is 5.96 Å². The zero-order chi connectivity index (χ0) is 22.0. The fraction of sp³-hybridized carbons (Fsp3) is 0.714. The summed E-state index contributed by atoms with van der Waals surface area (Å²) in [5.74, 6) is 1.57. The van der Waals surface area contributed by atoms with Gasteiger partial charge in [0.25, 0.3) is 0 Å². The van der Waals surface area contributed by atoms with Crippen molar-refractivity contribution in [3.63, 3.8) is 0 Å². The number of ether oxygens (including phenoxy) is 1. The molecule has 2 rings (SSSR count). The van der Waals surface area contributed by atoms with Crippen molar-refractivity contribution in [3.8, 4) is 0 Å². The van der Waals surface area contributed by atoms with Gasteiger partial charge in [0, 0.05) is 38.6 Å². The van der Waals surface area contributed by atoms with Crippen LogP contribution in [0.5, 0.6) is 0 Å². The first-order valence-corrected chi connectivity index (χ1v) is 10.6. The van der Waals surface area contributed by atoms with E-state index in [1.54, 1.807) is 18.1 Å². The van der Waals surface area contributed by atoms with E-state index in [4.69, 9.17) is 9.15 Å². The molecule has 0 saturated carbocycles. The number of guanidine groups is 1. The first kappa shape index (κ1) is 27.5. The molecule has 2 heterocycles. The SMILES string of the molecule is CCOC(=O)N1CCC(NC(=NCC(C)(O)CN(C)C)NCCc2ccco2)CC1.I. The van der Waals surface area contributed by atoms with Crippen LogP contribution in [0.3, 0.4) is 0 Å². The minimum Gasteiger partial charge on any atom is -0.469 e. The van der Waals surface area contributed by atoms with E-state index in [1.165, 1.54) is 0 Å². The van der Waals surface area contributed by atoms with Gasteiger partial charge in [-0.3, -0.25) is 4.99 Å². The minimum absolute atomic E-state index is 0. The largest absolute Gasteiger partial charge is 0.469 e. The molecule has 1 unspecified atom stereocenters. The molecule has 1 aliphatic rings. The highest BCUT2D eigenvalue weighted by molar-refractivity contribution is 14.0. The van der Waals surface area contributed by atoms with Crippen LogP contribution in [-0.2, 0) is 11.2 Å². The average molecular weight is 551 g/mol. The molecule has 1 atom stereocenters. The van der Waals surface area contributed by atoms with Crippen LogP contribution >= 0.6 is 24.0 Å². The van der Waals surface area contributed by atoms with Crippen molar-refractivity contribution in [2.45, 2.75) is 44.8 Å². The van der Waals surface area contributed by atoms with Crippen molar-refractivity contribution in [1.29, 1.82) is 0 Å². The third-order valence-corrected chi connectivity index (χ3v) is 4.84. The van der Waals surface area contributed by atoms with E-state index >= 15 is 0 Å². The van der Waals surface area contributed by atoms with Gasteiger partial charge in [-0.05, 0) is 52.9 Å². The summed E-state index contributed by atoms with van der Waals surface area (Å²) in [5.41, 5.74) is -0.924. The first-order chi connectivity index (χ1) is 14.3. The highest BCUT2D eigenvalue weighted by Gasteiger charge is 2.25. The quantitative estimate of drug-likeness (QED) is 0.245. The number of nitrogens with one attached hydrogen (secondary N) is 2. The lowest BCUT2D eigenvalue weighted by molar-refractivity contribution is 0.0423. The van der Waals surface area contributed by atoms with Gasteiger partial charge < -0.3 is 34.7 Å². The summed E-state index contributed by atoms with van der Waals surface area (Å²) in [4.78, 5) is 20.2. The van der Waals surface area contributed by atoms with Gasteiger partial charge in [0.2, 0.25) is 0 Å². The van der Waals surface area contributed by atoms with Crippen LogP contribution in [0, 0.1) is 0 Å². The van der Waals surface area contributed by atoms with Crippen LogP contribution in [0.4, 0.5) is 4.79 Å². The van der Waals surface area contributed by atoms with E-state index in [2.05, 4.69) is 15.6 Å². The molecule has 0 bridgehead atoms. The normalized spacial score (nSPS) is 17.1. The van der Waals surface area contributed by atoms with E-state index in [0.717, 1.165) is 25.0 Å². The first-order valence-electron chi connectivity index (χ1n) is 10.6. The molecule has 1 amide bonds. The summed E-state index contributed by atoms with van der Waals surface area (Å²) in [7, 11) is 3.85. The molecule has 3 N–H and O–H groups in total. The highest BCUT2D eigenvalue weighted by Crippen LogP contribution is 2.12. The minimum atomic E-state index is -0.924. The molecule has 0 radical (unpaired) electrons. The maximum absolute atomic E-state index is 11.9. The number of nitrogens with zero attached hydrogens (tertiary/aromatic N) is 3. The van der Waals surface area contributed by atoms with Crippen molar-refractivity contribution >= 4 is 36.0 Å². The summed E-state index contributed by atoms with van der Waals surface area (Å²) >= 11 is 0. The number of hydrogen-bond acceptors (Lipinski definition) is 6. The monoisotopic (exact) mass is 551 g/mol. The van der Waals surface area contributed by atoms with Gasteiger partial charge in [-0.2, -0.15) is 0 Å². The third kappa shape index (κ3) is 10.6. The number of hydrogen-bond donors (Lipinski definition) is 3. The lowest BCUT2D eigenvalue weighted by Crippen LogP contribution is -2.50. The number of amides is 1. The Kier molecular flexibility index (Phi) is 12.2. The molecule has 0 spiro atoms. The number of aliphatic imine (C=N–C) groups is 1. The number of piperidine rings is 1. The maximum atomic E-state index is 11.9. The Hall–Kier alpha value is -1.53. The molecule has 0 aliphatic carbocycles. The predicted molar refractivity (Wildman–Crippen MR) is 132 cm³/mol. The van der Waals surface area contributed by atoms with Crippen molar-refractivity contribution in [1.82, 2.24) is 20.4 Å². The van der Waals surface area contributed by atoms with Crippen LogP contribution in [0.1, 0.15) is 32.4 Å². The second-order valence-corrected chi connectivity index (χ2v) is 8.26. The molecule has 31 heavy (non-hydrogen) atoms. The van der Waals surface area contributed by atoms with Crippen molar-refractivity contribution in [2.24, 2.45) is 4.99 Å². The molecule has 0 aromatic carbocycles. The standard InChI is InChI=1S/C21H37N5O4.HI/c1-5-29-20(27)26-12-9-17(10-13-26)24-19(22-11-8-18-7-6-14-30-18)23-15-21(2,28)16-25(3)4;/h6-7,14,17,28H,5,8-13,15-16H2,1-4H3,(H2,22,23,24);1H. The molecule has 1 aliphatic heterocycles. The second-order valence-electron chi connectivity index (χ2n) is 8.26. The Balaban J connectivity index is 0.00000480. The number of rotatable bonds is 9. The Morgan fingerprint density at radius 3 is 2.71 bits per heavy atom. The van der Waals surface area contributed by atoms with Crippen LogP contribution in [0.25, 0.3) is 0 Å². The van der Waals surface area contributed by atoms with Gasteiger partial charge in [-0.1, -0.05) is 0 Å². The highest BCUT2D eigenvalue weighted by atomic mass is 127. The molecule has 1 aromatic rings. The average Bonchev–Trinajstić information content (AvgIpc) is 3.19. The van der Waals surface area contributed by atoms with Gasteiger partial charge in [0.1, 0.15) is 5.76 Å². The van der Waals surface area contributed by atoms with E-state index in [-0.39, 0.29) is 42.7 Å². The summed E-state index contributed by atoms with van der Waals surface area (Å²) in [6.45, 7) is 6.75. The number of furan rings is 1. The van der Waals surface area contributed by atoms with Crippen LogP contribution in [0.2, 0.25) is 0 Å². The van der Waals surface area contributed by atoms with Gasteiger partial charge >= 0.3 is 6.09 Å². The van der Waals surface area contributed by atoms with E-state index in [0.29, 0.717) is 38.7 Å². The van der Waals surface area contributed by atoms with Crippen molar-refractivity contribution < 1.29 is 19.1 Å². The van der Waals surface area contributed by atoms with Crippen molar-refractivity contribution in [3.05, 3.63) is 24.2 Å². The van der Waals surface area contributed by atoms with Crippen molar-refractivity contribution in [2.75, 3.05) is 53.4 Å². The molecule has 10 heteroatoms. The van der Waals surface area contributed by atoms with Gasteiger partial charge in [-0.15, -0.1) is 24.0 Å². The van der Waals surface area contributed by atoms with E-state index in [9.17, 15) is 9.90 Å². The Bertz CT molecular complexity index is 659. The summed E-state index contributed by atoms with van der Waals surface area (Å²) in [6.07, 6.45) is 3.78. The maximum Gasteiger partial charge on any atom is 0.409 e. The Morgan fingerprint density at radius 2 is 2.13 bits per heavy atom. The van der Waals surface area contributed by atoms with Crippen LogP contribution < -0.4 is 10.6 Å². The molecular formula is C21H38IN5O4. The lowest BCUT2D eigenvalue weighted by atomic mass is 10.1. The van der Waals surface area contributed by atoms with Crippen LogP contribution in [0.15, 0.2) is 27.8 Å². The number of halogens is 1. The number of aliphatic hydroxyl groups is 1. The molecular weight excluding hydrogens is 513 g/mol. The summed E-state index contributed by atoms with van der Waals surface area (Å²) < 4.78 is 10.5. The third-order valence-electron chi connectivity index (χ3n) is 4.84. The molecule has 1 fully saturated rings. The lowest BCUT2D eigenvalue weighted by Gasteiger charge is -2.32. The van der Waals surface area contributed by atoms with Gasteiger partial charge in [-0.25, -0.2) is 4.79 Å². The summed E-state index contributed by atoms with van der Waals surface area (Å²) in [5, 5.41) is 17.4. The number of carbonyl (C=O) groups excluding carboxylic acids is 1. The zero-order valence-corrected chi connectivity index (χ0v) is 21.4. The molecule has 1 saturated heterocycles. The Labute approximate surface area is 202 Å². The second kappa shape index (κ2) is 13.8. The topological polar surface area (TPSA) is 103 Å². The van der Waals surface area contributed by atoms with Gasteiger partial charge in [0.05, 0.1) is 25.0 Å². The van der Waals surface area contributed by atoms with E-state index < -0.39 is 5.60 Å². The van der Waals surface area contributed by atoms with E-state index in [1.807, 2.05) is 38.1 Å². The number of likely N-dealkylation sites (N-methyl/N-ethyl adjacent to an activating group) is 1. The number of likely N-dealkylation sites (tertiary alicyclic amines) is 1. The summed E-state index contributed by atoms with van der Waals surface area (Å²) in [6, 6.07) is 4.02. The fourth-order valence-electron chi connectivity index (χ4n) is 3.51. The predicted octanol–water partition coefficient (Wildman–Crippen LogP) is 1.91.